The Balaban J connectivity index is 1.46. The van der Waals surface area contributed by atoms with Crippen LogP contribution in [0.15, 0.2) is 48.8 Å². The van der Waals surface area contributed by atoms with Crippen molar-refractivity contribution in [3.8, 4) is 11.5 Å². The molecule has 2 heterocycles. The van der Waals surface area contributed by atoms with E-state index in [2.05, 4.69) is 15.2 Å². The van der Waals surface area contributed by atoms with Gasteiger partial charge >= 0.3 is 0 Å². The van der Waals surface area contributed by atoms with Crippen LogP contribution in [-0.4, -0.2) is 65.4 Å². The second-order valence-corrected chi connectivity index (χ2v) is 8.00. The Hall–Kier alpha value is -2.64. The first-order valence-electron chi connectivity index (χ1n) is 10.5. The molecule has 1 aromatic carbocycles. The van der Waals surface area contributed by atoms with E-state index in [4.69, 9.17) is 9.47 Å². The standard InChI is InChI=1S/C23H29N3O4/c1-29-17-5-4-6-18(14-17)30-20-15-19(22(23(20)28)26-11-2-3-12-26)25-21(27)13-16-7-9-24-10-8-16/h4-10,14,19-20,22-23,28H,2-3,11-13,15H2,1H3,(H,25,27)/t19-,20-,22+,23+/m1/s1. The fourth-order valence-electron chi connectivity index (χ4n) is 4.55. The number of amides is 1. The van der Waals surface area contributed by atoms with Crippen LogP contribution in [0.2, 0.25) is 0 Å². The molecule has 2 N–H and O–H groups in total. The van der Waals surface area contributed by atoms with E-state index in [-0.39, 0.29) is 18.0 Å². The van der Waals surface area contributed by atoms with Crippen molar-refractivity contribution in [2.24, 2.45) is 0 Å². The van der Waals surface area contributed by atoms with Crippen LogP contribution in [0.5, 0.6) is 11.5 Å². The van der Waals surface area contributed by atoms with E-state index in [1.807, 2.05) is 36.4 Å². The molecule has 0 unspecified atom stereocenters. The second-order valence-electron chi connectivity index (χ2n) is 8.00. The van der Waals surface area contributed by atoms with Gasteiger partial charge in [-0.1, -0.05) is 6.07 Å². The third-order valence-electron chi connectivity index (χ3n) is 5.98. The Kier molecular flexibility index (Phi) is 6.50. The van der Waals surface area contributed by atoms with Gasteiger partial charge in [0, 0.05) is 24.9 Å². The van der Waals surface area contributed by atoms with Gasteiger partial charge in [-0.2, -0.15) is 0 Å². The number of methoxy groups -OCH3 is 1. The molecule has 7 heteroatoms. The number of hydrogen-bond acceptors (Lipinski definition) is 6. The summed E-state index contributed by atoms with van der Waals surface area (Å²) in [7, 11) is 1.61. The Morgan fingerprint density at radius 1 is 1.20 bits per heavy atom. The van der Waals surface area contributed by atoms with Crippen LogP contribution in [-0.2, 0) is 11.2 Å². The number of aliphatic hydroxyl groups is 1. The summed E-state index contributed by atoms with van der Waals surface area (Å²) in [6, 6.07) is 10.8. The van der Waals surface area contributed by atoms with Gasteiger partial charge in [0.25, 0.3) is 0 Å². The van der Waals surface area contributed by atoms with Gasteiger partial charge in [-0.3, -0.25) is 14.7 Å². The fourth-order valence-corrected chi connectivity index (χ4v) is 4.55. The molecule has 1 aliphatic heterocycles. The number of nitrogens with zero attached hydrogens (tertiary/aromatic N) is 2. The Morgan fingerprint density at radius 2 is 1.93 bits per heavy atom. The first-order valence-corrected chi connectivity index (χ1v) is 10.5. The maximum atomic E-state index is 12.7. The van der Waals surface area contributed by atoms with E-state index < -0.39 is 12.2 Å². The SMILES string of the molecule is COc1cccc(O[C@@H]2C[C@@H](NC(=O)Cc3ccncc3)[C@H](N3CCCC3)[C@H]2O)c1. The molecule has 0 spiro atoms. The maximum absolute atomic E-state index is 12.7. The average molecular weight is 412 g/mol. The number of rotatable bonds is 7. The molecule has 1 saturated heterocycles. The second kappa shape index (κ2) is 9.45. The lowest BCUT2D eigenvalue weighted by atomic mass is 10.1. The van der Waals surface area contributed by atoms with Crippen molar-refractivity contribution in [3.05, 3.63) is 54.4 Å². The molecule has 160 valence electrons. The summed E-state index contributed by atoms with van der Waals surface area (Å²) in [4.78, 5) is 19.0. The van der Waals surface area contributed by atoms with Crippen molar-refractivity contribution in [2.45, 2.75) is 50.0 Å². The summed E-state index contributed by atoms with van der Waals surface area (Å²) in [5, 5.41) is 14.3. The van der Waals surface area contributed by atoms with Crippen molar-refractivity contribution in [1.29, 1.82) is 0 Å². The Labute approximate surface area is 177 Å². The lowest BCUT2D eigenvalue weighted by Gasteiger charge is -2.32. The zero-order valence-corrected chi connectivity index (χ0v) is 17.2. The highest BCUT2D eigenvalue weighted by molar-refractivity contribution is 5.79. The monoisotopic (exact) mass is 411 g/mol. The lowest BCUT2D eigenvalue weighted by molar-refractivity contribution is -0.121. The summed E-state index contributed by atoms with van der Waals surface area (Å²) in [6.07, 6.45) is 5.38. The maximum Gasteiger partial charge on any atom is 0.224 e. The van der Waals surface area contributed by atoms with Gasteiger partial charge in [-0.15, -0.1) is 0 Å². The molecule has 2 aliphatic rings. The number of pyridine rings is 1. The molecule has 1 aromatic heterocycles. The van der Waals surface area contributed by atoms with E-state index in [0.29, 0.717) is 24.3 Å². The Morgan fingerprint density at radius 3 is 2.67 bits per heavy atom. The average Bonchev–Trinajstić information content (AvgIpc) is 3.37. The summed E-state index contributed by atoms with van der Waals surface area (Å²) < 4.78 is 11.4. The minimum Gasteiger partial charge on any atom is -0.497 e. The summed E-state index contributed by atoms with van der Waals surface area (Å²) in [6.45, 7) is 1.87. The fraction of sp³-hybridized carbons (Fsp3) is 0.478. The highest BCUT2D eigenvalue weighted by Crippen LogP contribution is 2.32. The van der Waals surface area contributed by atoms with Gasteiger partial charge < -0.3 is 19.9 Å². The quantitative estimate of drug-likeness (QED) is 0.723. The molecule has 0 bridgehead atoms. The van der Waals surface area contributed by atoms with Gasteiger partial charge in [0.05, 0.1) is 25.6 Å². The van der Waals surface area contributed by atoms with Crippen LogP contribution in [0.3, 0.4) is 0 Å². The molecule has 4 atom stereocenters. The number of carbonyl (C=O) groups is 1. The summed E-state index contributed by atoms with van der Waals surface area (Å²) in [5.41, 5.74) is 0.919. The minimum atomic E-state index is -0.680. The number of nitrogens with one attached hydrogen (secondary N) is 1. The van der Waals surface area contributed by atoms with Gasteiger partial charge in [0.1, 0.15) is 23.7 Å². The molecular formula is C23H29N3O4. The number of carbonyl (C=O) groups excluding carboxylic acids is 1. The van der Waals surface area contributed by atoms with Crippen LogP contribution < -0.4 is 14.8 Å². The summed E-state index contributed by atoms with van der Waals surface area (Å²) in [5.74, 6) is 1.31. The zero-order valence-electron chi connectivity index (χ0n) is 17.2. The minimum absolute atomic E-state index is 0.0513. The van der Waals surface area contributed by atoms with Gasteiger partial charge in [0.2, 0.25) is 5.91 Å². The number of likely N-dealkylation sites (tertiary alicyclic amines) is 1. The smallest absolute Gasteiger partial charge is 0.224 e. The molecule has 7 nitrogen and oxygen atoms in total. The highest BCUT2D eigenvalue weighted by Gasteiger charge is 2.47. The molecule has 2 fully saturated rings. The van der Waals surface area contributed by atoms with E-state index in [1.165, 1.54) is 0 Å². The molecule has 1 aliphatic carbocycles. The largest absolute Gasteiger partial charge is 0.497 e. The summed E-state index contributed by atoms with van der Waals surface area (Å²) >= 11 is 0. The van der Waals surface area contributed by atoms with Gasteiger partial charge in [0.15, 0.2) is 0 Å². The van der Waals surface area contributed by atoms with Crippen molar-refractivity contribution < 1.29 is 19.4 Å². The predicted molar refractivity (Wildman–Crippen MR) is 113 cm³/mol. The number of aliphatic hydroxyl groups excluding tert-OH is 1. The van der Waals surface area contributed by atoms with Crippen molar-refractivity contribution in [2.75, 3.05) is 20.2 Å². The van der Waals surface area contributed by atoms with Crippen LogP contribution >= 0.6 is 0 Å². The molecule has 2 aromatic rings. The number of ether oxygens (including phenoxy) is 2. The number of benzene rings is 1. The molecule has 30 heavy (non-hydrogen) atoms. The first kappa shape index (κ1) is 20.6. The van der Waals surface area contributed by atoms with Gasteiger partial charge in [-0.25, -0.2) is 0 Å². The van der Waals surface area contributed by atoms with Crippen molar-refractivity contribution in [1.82, 2.24) is 15.2 Å². The van der Waals surface area contributed by atoms with E-state index in [9.17, 15) is 9.90 Å². The van der Waals surface area contributed by atoms with Crippen molar-refractivity contribution >= 4 is 5.91 Å². The normalized spacial score (nSPS) is 26.5. The molecular weight excluding hydrogens is 382 g/mol. The number of aromatic nitrogens is 1. The van der Waals surface area contributed by atoms with Crippen LogP contribution in [0, 0.1) is 0 Å². The number of hydrogen-bond donors (Lipinski definition) is 2. The molecule has 1 saturated carbocycles. The molecule has 0 radical (unpaired) electrons. The van der Waals surface area contributed by atoms with Crippen molar-refractivity contribution in [3.63, 3.8) is 0 Å². The first-order chi connectivity index (χ1) is 14.6. The lowest BCUT2D eigenvalue weighted by Crippen LogP contribution is -2.52. The van der Waals surface area contributed by atoms with Crippen LogP contribution in [0.25, 0.3) is 0 Å². The predicted octanol–water partition coefficient (Wildman–Crippen LogP) is 1.79. The molecule has 1 amide bonds. The van der Waals surface area contributed by atoms with E-state index in [1.54, 1.807) is 19.5 Å². The van der Waals surface area contributed by atoms with Gasteiger partial charge in [-0.05, 0) is 55.8 Å². The van der Waals surface area contributed by atoms with Crippen LogP contribution in [0.4, 0.5) is 0 Å². The highest BCUT2D eigenvalue weighted by atomic mass is 16.5. The van der Waals surface area contributed by atoms with Crippen LogP contribution in [0.1, 0.15) is 24.8 Å². The van der Waals surface area contributed by atoms with E-state index in [0.717, 1.165) is 31.5 Å². The third-order valence-corrected chi connectivity index (χ3v) is 5.98. The Bertz CT molecular complexity index is 841. The topological polar surface area (TPSA) is 83.9 Å². The molecule has 4 rings (SSSR count). The zero-order chi connectivity index (χ0) is 20.9. The third kappa shape index (κ3) is 4.74. The van der Waals surface area contributed by atoms with E-state index >= 15 is 0 Å².